The van der Waals surface area contributed by atoms with Gasteiger partial charge in [-0.25, -0.2) is 4.79 Å². The molecule has 7 heteroatoms. The minimum Gasteiger partial charge on any atom is -0.478 e. The summed E-state index contributed by atoms with van der Waals surface area (Å²) >= 11 is 17.9. The molecule has 0 bridgehead atoms. The summed E-state index contributed by atoms with van der Waals surface area (Å²) in [5.41, 5.74) is 1.25. The van der Waals surface area contributed by atoms with Gasteiger partial charge in [-0.15, -0.1) is 0 Å². The van der Waals surface area contributed by atoms with Gasteiger partial charge in [-0.2, -0.15) is 0 Å². The van der Waals surface area contributed by atoms with Crippen LogP contribution in [0.3, 0.4) is 0 Å². The Kier molecular flexibility index (Phi) is 5.89. The summed E-state index contributed by atoms with van der Waals surface area (Å²) in [6.07, 6.45) is 1.60. The molecule has 0 saturated heterocycles. The highest BCUT2D eigenvalue weighted by molar-refractivity contribution is 6.36. The molecule has 0 atom stereocenters. The molecule has 2 rings (SSSR count). The number of carboxylic acid groups (broad SMARTS) is 1. The van der Waals surface area contributed by atoms with Crippen LogP contribution in [0.4, 0.5) is 5.69 Å². The number of amides is 1. The van der Waals surface area contributed by atoms with Crippen LogP contribution in [-0.2, 0) is 4.79 Å². The number of anilines is 1. The summed E-state index contributed by atoms with van der Waals surface area (Å²) in [4.78, 5) is 23.3. The molecular weight excluding hydrogens is 373 g/mol. The Hall–Kier alpha value is -2.01. The number of nitrogens with one attached hydrogen (secondary N) is 1. The van der Waals surface area contributed by atoms with Gasteiger partial charge >= 0.3 is 5.97 Å². The van der Waals surface area contributed by atoms with E-state index in [1.807, 2.05) is 0 Å². The maximum Gasteiger partial charge on any atom is 0.335 e. The van der Waals surface area contributed by atoms with Crippen molar-refractivity contribution in [3.63, 3.8) is 0 Å². The van der Waals surface area contributed by atoms with Gasteiger partial charge in [0.15, 0.2) is 0 Å². The number of carbonyl (C=O) groups excluding carboxylic acids is 1. The fourth-order valence-electron chi connectivity index (χ4n) is 1.89. The Morgan fingerprint density at radius 1 is 1.04 bits per heavy atom. The average molecular weight is 385 g/mol. The molecular formula is C17H12Cl3NO3. The molecule has 124 valence electrons. The van der Waals surface area contributed by atoms with Crippen molar-refractivity contribution in [2.24, 2.45) is 0 Å². The molecule has 0 aliphatic heterocycles. The van der Waals surface area contributed by atoms with Crippen LogP contribution in [0.2, 0.25) is 15.1 Å². The fraction of sp³-hybridized carbons (Fsp3) is 0.0588. The van der Waals surface area contributed by atoms with Gasteiger partial charge in [0.2, 0.25) is 0 Å². The zero-order chi connectivity index (χ0) is 17.9. The first-order chi connectivity index (χ1) is 11.3. The third kappa shape index (κ3) is 4.51. The molecule has 0 unspecified atom stereocenters. The average Bonchev–Trinajstić information content (AvgIpc) is 2.51. The number of hydrogen-bond donors (Lipinski definition) is 2. The van der Waals surface area contributed by atoms with Crippen LogP contribution in [0.15, 0.2) is 42.0 Å². The number of aromatic carboxylic acids is 1. The lowest BCUT2D eigenvalue weighted by Crippen LogP contribution is -2.13. The van der Waals surface area contributed by atoms with Crippen molar-refractivity contribution in [1.82, 2.24) is 0 Å². The van der Waals surface area contributed by atoms with Crippen molar-refractivity contribution in [2.45, 2.75) is 6.92 Å². The van der Waals surface area contributed by atoms with Gasteiger partial charge in [-0.05, 0) is 48.9 Å². The fourth-order valence-corrected chi connectivity index (χ4v) is 2.52. The molecule has 2 aromatic carbocycles. The maximum absolute atomic E-state index is 12.3. The zero-order valence-electron chi connectivity index (χ0n) is 12.4. The SMILES string of the molecule is CC(=Cc1ccc(Cl)cc1Cl)C(=O)Nc1cc(C(=O)O)ccc1Cl. The highest BCUT2D eigenvalue weighted by Crippen LogP contribution is 2.25. The molecule has 0 saturated carbocycles. The number of halogens is 3. The van der Waals surface area contributed by atoms with Crippen molar-refractivity contribution < 1.29 is 14.7 Å². The summed E-state index contributed by atoms with van der Waals surface area (Å²) in [6.45, 7) is 1.61. The van der Waals surface area contributed by atoms with E-state index in [2.05, 4.69) is 5.32 Å². The number of benzene rings is 2. The molecule has 4 nitrogen and oxygen atoms in total. The van der Waals surface area contributed by atoms with Gasteiger partial charge in [0.1, 0.15) is 0 Å². The second-order valence-electron chi connectivity index (χ2n) is 4.95. The van der Waals surface area contributed by atoms with Crippen LogP contribution in [0.1, 0.15) is 22.8 Å². The first kappa shape index (κ1) is 18.3. The molecule has 0 heterocycles. The summed E-state index contributed by atoms with van der Waals surface area (Å²) < 4.78 is 0. The highest BCUT2D eigenvalue weighted by Gasteiger charge is 2.12. The van der Waals surface area contributed by atoms with E-state index in [1.165, 1.54) is 18.2 Å². The maximum atomic E-state index is 12.3. The van der Waals surface area contributed by atoms with E-state index in [0.29, 0.717) is 21.2 Å². The van der Waals surface area contributed by atoms with Crippen LogP contribution >= 0.6 is 34.8 Å². The molecule has 0 fully saturated rings. The van der Waals surface area contributed by atoms with E-state index in [0.717, 1.165) is 0 Å². The van der Waals surface area contributed by atoms with Crippen molar-refractivity contribution in [3.8, 4) is 0 Å². The minimum absolute atomic E-state index is 0.0251. The second kappa shape index (κ2) is 7.71. The third-order valence-electron chi connectivity index (χ3n) is 3.15. The highest BCUT2D eigenvalue weighted by atomic mass is 35.5. The molecule has 1 amide bonds. The van der Waals surface area contributed by atoms with Crippen molar-refractivity contribution >= 4 is 58.4 Å². The Balaban J connectivity index is 2.24. The lowest BCUT2D eigenvalue weighted by atomic mass is 10.1. The first-order valence-corrected chi connectivity index (χ1v) is 7.89. The van der Waals surface area contributed by atoms with Crippen LogP contribution in [0, 0.1) is 0 Å². The zero-order valence-corrected chi connectivity index (χ0v) is 14.7. The van der Waals surface area contributed by atoms with Gasteiger partial charge < -0.3 is 10.4 Å². The molecule has 0 spiro atoms. The molecule has 2 N–H and O–H groups in total. The standard InChI is InChI=1S/C17H12Cl3NO3/c1-9(6-10-2-4-12(18)8-14(10)20)16(22)21-15-7-11(17(23)24)3-5-13(15)19/h2-8H,1H3,(H,21,22)(H,23,24). The van der Waals surface area contributed by atoms with Crippen LogP contribution in [0.25, 0.3) is 6.08 Å². The van der Waals surface area contributed by atoms with Crippen molar-refractivity contribution in [2.75, 3.05) is 5.32 Å². The van der Waals surface area contributed by atoms with E-state index < -0.39 is 11.9 Å². The molecule has 0 aliphatic carbocycles. The number of carbonyl (C=O) groups is 2. The summed E-state index contributed by atoms with van der Waals surface area (Å²) in [7, 11) is 0. The largest absolute Gasteiger partial charge is 0.478 e. The molecule has 0 radical (unpaired) electrons. The van der Waals surface area contributed by atoms with E-state index in [1.54, 1.807) is 31.2 Å². The number of rotatable bonds is 4. The Morgan fingerprint density at radius 3 is 2.38 bits per heavy atom. The second-order valence-corrected chi connectivity index (χ2v) is 6.20. The quantitative estimate of drug-likeness (QED) is 0.695. The Labute approximate surface area is 153 Å². The molecule has 0 aliphatic rings. The topological polar surface area (TPSA) is 66.4 Å². The van der Waals surface area contributed by atoms with Gasteiger partial charge in [0, 0.05) is 15.6 Å². The minimum atomic E-state index is -1.11. The monoisotopic (exact) mass is 383 g/mol. The lowest BCUT2D eigenvalue weighted by molar-refractivity contribution is -0.112. The first-order valence-electron chi connectivity index (χ1n) is 6.75. The smallest absolute Gasteiger partial charge is 0.335 e. The van der Waals surface area contributed by atoms with Gasteiger partial charge in [0.25, 0.3) is 5.91 Å². The summed E-state index contributed by atoms with van der Waals surface area (Å²) in [5, 5.41) is 12.7. The number of hydrogen-bond acceptors (Lipinski definition) is 2. The van der Waals surface area contributed by atoms with Gasteiger partial charge in [0.05, 0.1) is 16.3 Å². The molecule has 0 aromatic heterocycles. The van der Waals surface area contributed by atoms with Crippen LogP contribution in [-0.4, -0.2) is 17.0 Å². The number of carboxylic acids is 1. The van der Waals surface area contributed by atoms with E-state index in [-0.39, 0.29) is 16.3 Å². The summed E-state index contributed by atoms with van der Waals surface area (Å²) in [5.74, 6) is -1.53. The van der Waals surface area contributed by atoms with E-state index in [9.17, 15) is 9.59 Å². The van der Waals surface area contributed by atoms with Crippen LogP contribution < -0.4 is 5.32 Å². The normalized spacial score (nSPS) is 11.2. The predicted molar refractivity (Wildman–Crippen MR) is 97.2 cm³/mol. The van der Waals surface area contributed by atoms with Gasteiger partial charge in [-0.1, -0.05) is 40.9 Å². The lowest BCUT2D eigenvalue weighted by Gasteiger charge is -2.09. The Bertz CT molecular complexity index is 847. The van der Waals surface area contributed by atoms with Gasteiger partial charge in [-0.3, -0.25) is 4.79 Å². The van der Waals surface area contributed by atoms with Crippen molar-refractivity contribution in [1.29, 1.82) is 0 Å². The van der Waals surface area contributed by atoms with E-state index >= 15 is 0 Å². The molecule has 2 aromatic rings. The summed E-state index contributed by atoms with van der Waals surface area (Å²) in [6, 6.07) is 9.00. The predicted octanol–water partition coefficient (Wildman–Crippen LogP) is 5.39. The third-order valence-corrected chi connectivity index (χ3v) is 4.05. The van der Waals surface area contributed by atoms with Crippen molar-refractivity contribution in [3.05, 3.63) is 68.2 Å². The Morgan fingerprint density at radius 2 is 1.75 bits per heavy atom. The van der Waals surface area contributed by atoms with E-state index in [4.69, 9.17) is 39.9 Å². The van der Waals surface area contributed by atoms with Crippen LogP contribution in [0.5, 0.6) is 0 Å². The molecule has 24 heavy (non-hydrogen) atoms.